The predicted octanol–water partition coefficient (Wildman–Crippen LogP) is 4.50. The Kier molecular flexibility index (Phi) is 5.58. The van der Waals surface area contributed by atoms with Crippen LogP contribution in [0.4, 0.5) is 6.01 Å². The van der Waals surface area contributed by atoms with Crippen LogP contribution in [0.2, 0.25) is 0 Å². The number of amides is 1. The number of carbonyl (C=O) groups excluding carboxylic acids is 1. The maximum absolute atomic E-state index is 12.3. The molecule has 3 aromatic rings. The van der Waals surface area contributed by atoms with Crippen molar-refractivity contribution in [1.82, 2.24) is 10.2 Å². The van der Waals surface area contributed by atoms with Gasteiger partial charge >= 0.3 is 6.01 Å². The molecular formula is C19H19N3O3S. The molecule has 0 saturated carbocycles. The van der Waals surface area contributed by atoms with Crippen LogP contribution in [0, 0.1) is 0 Å². The van der Waals surface area contributed by atoms with Gasteiger partial charge in [-0.3, -0.25) is 10.1 Å². The van der Waals surface area contributed by atoms with E-state index in [1.807, 2.05) is 44.4 Å². The van der Waals surface area contributed by atoms with Crippen molar-refractivity contribution in [2.45, 2.75) is 24.8 Å². The molecule has 2 aromatic carbocycles. The van der Waals surface area contributed by atoms with Crippen molar-refractivity contribution < 1.29 is 13.9 Å². The van der Waals surface area contributed by atoms with Crippen LogP contribution in [-0.2, 0) is 0 Å². The standard InChI is InChI=1S/C19H19N3O3S/c1-12(2)24-14-10-8-13(9-11-14)17(23)20-19-22-21-18(25-19)15-6-4-5-7-16(15)26-3/h4-12H,1-3H3,(H,20,22,23). The SMILES string of the molecule is CSc1ccccc1-c1nnc(NC(=O)c2ccc(OC(C)C)cc2)o1. The number of nitrogens with one attached hydrogen (secondary N) is 1. The van der Waals surface area contributed by atoms with Crippen LogP contribution < -0.4 is 10.1 Å². The normalized spacial score (nSPS) is 10.8. The van der Waals surface area contributed by atoms with Gasteiger partial charge in [-0.25, -0.2) is 0 Å². The molecule has 6 nitrogen and oxygen atoms in total. The van der Waals surface area contributed by atoms with Crippen LogP contribution >= 0.6 is 11.8 Å². The van der Waals surface area contributed by atoms with Crippen LogP contribution in [0.3, 0.4) is 0 Å². The minimum Gasteiger partial charge on any atom is -0.491 e. The van der Waals surface area contributed by atoms with Crippen molar-refractivity contribution >= 4 is 23.7 Å². The molecular weight excluding hydrogens is 350 g/mol. The molecule has 0 radical (unpaired) electrons. The first kappa shape index (κ1) is 18.0. The highest BCUT2D eigenvalue weighted by Gasteiger charge is 2.15. The van der Waals surface area contributed by atoms with Crippen molar-refractivity contribution in [3.8, 4) is 17.2 Å². The third-order valence-electron chi connectivity index (χ3n) is 3.47. The molecule has 0 bridgehead atoms. The molecule has 0 unspecified atom stereocenters. The third kappa shape index (κ3) is 4.23. The molecule has 1 aromatic heterocycles. The minimum atomic E-state index is -0.325. The Bertz CT molecular complexity index is 891. The highest BCUT2D eigenvalue weighted by Crippen LogP contribution is 2.29. The summed E-state index contributed by atoms with van der Waals surface area (Å²) in [6.45, 7) is 3.89. The van der Waals surface area contributed by atoms with Crippen LogP contribution in [-0.4, -0.2) is 28.5 Å². The van der Waals surface area contributed by atoms with Crippen molar-refractivity contribution in [2.75, 3.05) is 11.6 Å². The van der Waals surface area contributed by atoms with E-state index in [0.717, 1.165) is 10.5 Å². The van der Waals surface area contributed by atoms with Crippen molar-refractivity contribution in [1.29, 1.82) is 0 Å². The fraction of sp³-hybridized carbons (Fsp3) is 0.211. The first-order valence-electron chi connectivity index (χ1n) is 8.12. The van der Waals surface area contributed by atoms with Gasteiger partial charge in [-0.05, 0) is 56.5 Å². The summed E-state index contributed by atoms with van der Waals surface area (Å²) in [6, 6.07) is 14.7. The van der Waals surface area contributed by atoms with Gasteiger partial charge in [-0.1, -0.05) is 17.2 Å². The summed E-state index contributed by atoms with van der Waals surface area (Å²) in [4.78, 5) is 13.4. The van der Waals surface area contributed by atoms with Gasteiger partial charge < -0.3 is 9.15 Å². The fourth-order valence-electron chi connectivity index (χ4n) is 2.33. The van der Waals surface area contributed by atoms with E-state index in [-0.39, 0.29) is 18.0 Å². The molecule has 7 heteroatoms. The number of thioether (sulfide) groups is 1. The quantitative estimate of drug-likeness (QED) is 0.645. The Hall–Kier alpha value is -2.80. The lowest BCUT2D eigenvalue weighted by Gasteiger charge is -2.09. The first-order chi connectivity index (χ1) is 12.6. The van der Waals surface area contributed by atoms with Crippen LogP contribution in [0.25, 0.3) is 11.5 Å². The number of benzene rings is 2. The van der Waals surface area contributed by atoms with E-state index >= 15 is 0 Å². The van der Waals surface area contributed by atoms with Gasteiger partial charge in [0.15, 0.2) is 0 Å². The van der Waals surface area contributed by atoms with Gasteiger partial charge in [0, 0.05) is 10.5 Å². The monoisotopic (exact) mass is 369 g/mol. The Labute approximate surface area is 156 Å². The number of carbonyl (C=O) groups is 1. The number of ether oxygens (including phenoxy) is 1. The largest absolute Gasteiger partial charge is 0.491 e. The van der Waals surface area contributed by atoms with Gasteiger partial charge in [0.2, 0.25) is 0 Å². The van der Waals surface area contributed by atoms with Crippen molar-refractivity contribution in [3.63, 3.8) is 0 Å². The summed E-state index contributed by atoms with van der Waals surface area (Å²) < 4.78 is 11.2. The van der Waals surface area contributed by atoms with Crippen molar-refractivity contribution in [2.24, 2.45) is 0 Å². The average Bonchev–Trinajstić information content (AvgIpc) is 3.10. The zero-order chi connectivity index (χ0) is 18.5. The Balaban J connectivity index is 1.71. The number of rotatable bonds is 6. The predicted molar refractivity (Wildman–Crippen MR) is 102 cm³/mol. The van der Waals surface area contributed by atoms with Crippen LogP contribution in [0.1, 0.15) is 24.2 Å². The first-order valence-corrected chi connectivity index (χ1v) is 9.34. The van der Waals surface area contributed by atoms with E-state index in [4.69, 9.17) is 9.15 Å². The third-order valence-corrected chi connectivity index (χ3v) is 4.27. The Morgan fingerprint density at radius 1 is 1.12 bits per heavy atom. The maximum atomic E-state index is 12.3. The molecule has 1 N–H and O–H groups in total. The number of hydrogen-bond donors (Lipinski definition) is 1. The van der Waals surface area contributed by atoms with E-state index in [9.17, 15) is 4.79 Å². The lowest BCUT2D eigenvalue weighted by molar-refractivity contribution is 0.102. The van der Waals surface area contributed by atoms with E-state index in [0.29, 0.717) is 17.2 Å². The summed E-state index contributed by atoms with van der Waals surface area (Å²) in [5.41, 5.74) is 1.31. The zero-order valence-corrected chi connectivity index (χ0v) is 15.5. The topological polar surface area (TPSA) is 77.2 Å². The molecule has 134 valence electrons. The second kappa shape index (κ2) is 8.05. The van der Waals surface area contributed by atoms with E-state index in [1.54, 1.807) is 36.0 Å². The molecule has 0 aliphatic heterocycles. The number of hydrogen-bond acceptors (Lipinski definition) is 6. The average molecular weight is 369 g/mol. The van der Waals surface area contributed by atoms with Crippen LogP contribution in [0.5, 0.6) is 5.75 Å². The highest BCUT2D eigenvalue weighted by atomic mass is 32.2. The zero-order valence-electron chi connectivity index (χ0n) is 14.7. The molecule has 1 heterocycles. The second-order valence-electron chi connectivity index (χ2n) is 5.76. The fourth-order valence-corrected chi connectivity index (χ4v) is 2.92. The lowest BCUT2D eigenvalue weighted by atomic mass is 10.2. The van der Waals surface area contributed by atoms with Gasteiger partial charge in [0.05, 0.1) is 11.7 Å². The summed E-state index contributed by atoms with van der Waals surface area (Å²) in [7, 11) is 0. The number of anilines is 1. The summed E-state index contributed by atoms with van der Waals surface area (Å²) >= 11 is 1.59. The van der Waals surface area contributed by atoms with Crippen molar-refractivity contribution in [3.05, 3.63) is 54.1 Å². The molecule has 3 rings (SSSR count). The van der Waals surface area contributed by atoms with Crippen LogP contribution in [0.15, 0.2) is 57.8 Å². The van der Waals surface area contributed by atoms with Gasteiger partial charge in [-0.2, -0.15) is 0 Å². The maximum Gasteiger partial charge on any atom is 0.322 e. The molecule has 0 fully saturated rings. The molecule has 0 spiro atoms. The molecule has 0 aliphatic carbocycles. The van der Waals surface area contributed by atoms with E-state index < -0.39 is 0 Å². The van der Waals surface area contributed by atoms with Gasteiger partial charge in [0.1, 0.15) is 5.75 Å². The lowest BCUT2D eigenvalue weighted by Crippen LogP contribution is -2.12. The number of nitrogens with zero attached hydrogens (tertiary/aromatic N) is 2. The summed E-state index contributed by atoms with van der Waals surface area (Å²) in [6.07, 6.45) is 2.06. The number of aromatic nitrogens is 2. The summed E-state index contributed by atoms with van der Waals surface area (Å²) in [5, 5.41) is 10.6. The second-order valence-corrected chi connectivity index (χ2v) is 6.61. The molecule has 0 aliphatic rings. The highest BCUT2D eigenvalue weighted by molar-refractivity contribution is 7.98. The van der Waals surface area contributed by atoms with E-state index in [1.165, 1.54) is 0 Å². The molecule has 1 amide bonds. The van der Waals surface area contributed by atoms with E-state index in [2.05, 4.69) is 15.5 Å². The minimum absolute atomic E-state index is 0.0587. The molecule has 26 heavy (non-hydrogen) atoms. The Morgan fingerprint density at radius 3 is 2.54 bits per heavy atom. The summed E-state index contributed by atoms with van der Waals surface area (Å²) in [5.74, 6) is 0.755. The van der Waals surface area contributed by atoms with Gasteiger partial charge in [-0.15, -0.1) is 16.9 Å². The Morgan fingerprint density at radius 2 is 1.85 bits per heavy atom. The molecule has 0 atom stereocenters. The molecule has 0 saturated heterocycles. The smallest absolute Gasteiger partial charge is 0.322 e. The van der Waals surface area contributed by atoms with Gasteiger partial charge in [0.25, 0.3) is 11.8 Å².